The van der Waals surface area contributed by atoms with Gasteiger partial charge in [0.2, 0.25) is 5.91 Å². The Bertz CT molecular complexity index is 1120. The zero-order valence-electron chi connectivity index (χ0n) is 31.6. The minimum Gasteiger partial charge on any atom is -0.461 e. The fourth-order valence-electron chi connectivity index (χ4n) is 4.34. The lowest BCUT2D eigenvalue weighted by atomic mass is 10.0. The molecule has 1 aromatic rings. The maximum atomic E-state index is 13.3. The van der Waals surface area contributed by atoms with Crippen LogP contribution in [-0.2, 0) is 58.9 Å². The summed E-state index contributed by atoms with van der Waals surface area (Å²) in [4.78, 5) is 50.1. The molecule has 0 spiro atoms. The molecule has 286 valence electrons. The maximum Gasteiger partial charge on any atom is 0.308 e. The maximum absolute atomic E-state index is 13.3. The molecule has 1 amide bonds. The highest BCUT2D eigenvalue weighted by Crippen LogP contribution is 2.16. The van der Waals surface area contributed by atoms with Crippen molar-refractivity contribution >= 4 is 23.8 Å². The van der Waals surface area contributed by atoms with Crippen LogP contribution in [0.1, 0.15) is 106 Å². The Kier molecular flexibility index (Phi) is 19.7. The van der Waals surface area contributed by atoms with Crippen LogP contribution in [0.2, 0.25) is 0 Å². The smallest absolute Gasteiger partial charge is 0.308 e. The highest BCUT2D eigenvalue weighted by atomic mass is 16.6. The molecule has 2 N–H and O–H groups in total. The van der Waals surface area contributed by atoms with E-state index < -0.39 is 52.4 Å². The molecule has 1 unspecified atom stereocenters. The van der Waals surface area contributed by atoms with Crippen LogP contribution in [0.25, 0.3) is 0 Å². The molecule has 1 aromatic carbocycles. The first-order valence-corrected chi connectivity index (χ1v) is 17.2. The number of hydrogen-bond acceptors (Lipinski definition) is 12. The van der Waals surface area contributed by atoms with Gasteiger partial charge in [0.25, 0.3) is 0 Å². The molecule has 0 aliphatic heterocycles. The molecule has 0 heterocycles. The molecule has 1 atom stereocenters. The van der Waals surface area contributed by atoms with Gasteiger partial charge in [0, 0.05) is 19.3 Å². The normalized spacial score (nSPS) is 13.0. The molecule has 0 aromatic heterocycles. The van der Waals surface area contributed by atoms with E-state index >= 15 is 0 Å². The topological polar surface area (TPSA) is 165 Å². The van der Waals surface area contributed by atoms with Crippen molar-refractivity contribution in [1.82, 2.24) is 5.32 Å². The molecule has 0 aliphatic carbocycles. The summed E-state index contributed by atoms with van der Waals surface area (Å²) in [6, 6.07) is 9.29. The standard InChI is InChI=1S/C37H61NO12/c1-34(2,3)48-31(41)18-21-44-25-37(26-45-22-19-32(42)49-35(4,5)6,27-46-23-20-33(43)50-36(7,8)9)38-29(39)16-13-17-30(40)47-24-28-14-11-10-12-15-28/h10-12,14-15,31,41H,13,16-27H2,1-9H3,(H,38,39). The minimum absolute atomic E-state index is 0.00383. The van der Waals surface area contributed by atoms with E-state index in [0.29, 0.717) is 0 Å². The van der Waals surface area contributed by atoms with Crippen molar-refractivity contribution in [3.05, 3.63) is 35.9 Å². The number of amides is 1. The second-order valence-corrected chi connectivity index (χ2v) is 15.1. The SMILES string of the molecule is CC(C)(C)OC(=O)CCOCC(COCCC(=O)OC(C)(C)C)(COCCC(O)OC(C)(C)C)NC(=O)CCCC(=O)OCc1ccccc1. The van der Waals surface area contributed by atoms with Gasteiger partial charge in [-0.2, -0.15) is 0 Å². The fraction of sp³-hybridized carbons (Fsp3) is 0.730. The number of ether oxygens (including phenoxy) is 7. The number of aliphatic hydroxyl groups excluding tert-OH is 1. The predicted molar refractivity (Wildman–Crippen MR) is 186 cm³/mol. The molecular formula is C37H61NO12. The second-order valence-electron chi connectivity index (χ2n) is 15.1. The van der Waals surface area contributed by atoms with Crippen molar-refractivity contribution in [2.75, 3.05) is 39.6 Å². The number of hydrogen-bond donors (Lipinski definition) is 2. The van der Waals surface area contributed by atoms with E-state index in [9.17, 15) is 24.3 Å². The van der Waals surface area contributed by atoms with Crippen molar-refractivity contribution in [3.8, 4) is 0 Å². The highest BCUT2D eigenvalue weighted by molar-refractivity contribution is 5.78. The Morgan fingerprint density at radius 1 is 0.660 bits per heavy atom. The molecule has 50 heavy (non-hydrogen) atoms. The lowest BCUT2D eigenvalue weighted by Crippen LogP contribution is -2.58. The molecule has 13 heteroatoms. The largest absolute Gasteiger partial charge is 0.461 e. The Morgan fingerprint density at radius 2 is 1.16 bits per heavy atom. The summed E-state index contributed by atoms with van der Waals surface area (Å²) in [5, 5.41) is 13.2. The molecule has 0 saturated heterocycles. The Hall–Kier alpha value is -3.10. The molecular weight excluding hydrogens is 650 g/mol. The summed E-state index contributed by atoms with van der Waals surface area (Å²) in [7, 11) is 0. The second kappa shape index (κ2) is 22.0. The van der Waals surface area contributed by atoms with Crippen LogP contribution < -0.4 is 5.32 Å². The Balaban J connectivity index is 2.97. The number of nitrogens with one attached hydrogen (secondary N) is 1. The van der Waals surface area contributed by atoms with Crippen molar-refractivity contribution < 1.29 is 57.4 Å². The Morgan fingerprint density at radius 3 is 1.64 bits per heavy atom. The first kappa shape index (κ1) is 44.9. The average molecular weight is 712 g/mol. The van der Waals surface area contributed by atoms with Gasteiger partial charge in [-0.25, -0.2) is 0 Å². The van der Waals surface area contributed by atoms with Gasteiger partial charge in [-0.05, 0) is 74.3 Å². The summed E-state index contributed by atoms with van der Waals surface area (Å²) in [6.45, 7) is 16.0. The van der Waals surface area contributed by atoms with E-state index in [1.165, 1.54) is 0 Å². The zero-order valence-corrected chi connectivity index (χ0v) is 31.6. The van der Waals surface area contributed by atoms with Gasteiger partial charge < -0.3 is 43.6 Å². The quantitative estimate of drug-likeness (QED) is 0.0691. The molecule has 0 saturated carbocycles. The molecule has 0 radical (unpaired) electrons. The van der Waals surface area contributed by atoms with E-state index in [-0.39, 0.29) is 84.8 Å². The summed E-state index contributed by atoms with van der Waals surface area (Å²) in [6.07, 6.45) is -0.705. The molecule has 13 nitrogen and oxygen atoms in total. The van der Waals surface area contributed by atoms with Crippen LogP contribution in [0.5, 0.6) is 0 Å². The summed E-state index contributed by atoms with van der Waals surface area (Å²) < 4.78 is 39.2. The number of esters is 3. The van der Waals surface area contributed by atoms with Crippen LogP contribution in [0, 0.1) is 0 Å². The summed E-state index contributed by atoms with van der Waals surface area (Å²) in [5.74, 6) is -1.71. The average Bonchev–Trinajstić information content (AvgIpc) is 2.96. The van der Waals surface area contributed by atoms with Gasteiger partial charge in [-0.3, -0.25) is 19.2 Å². The predicted octanol–water partition coefficient (Wildman–Crippen LogP) is 4.79. The van der Waals surface area contributed by atoms with E-state index in [2.05, 4.69) is 5.32 Å². The van der Waals surface area contributed by atoms with E-state index in [4.69, 9.17) is 33.2 Å². The minimum atomic E-state index is -1.26. The van der Waals surface area contributed by atoms with E-state index in [0.717, 1.165) is 5.56 Å². The van der Waals surface area contributed by atoms with Gasteiger partial charge in [-0.1, -0.05) is 30.3 Å². The molecule has 0 bridgehead atoms. The summed E-state index contributed by atoms with van der Waals surface area (Å²) in [5.41, 5.74) is -2.27. The van der Waals surface area contributed by atoms with Crippen LogP contribution in [0.3, 0.4) is 0 Å². The monoisotopic (exact) mass is 711 g/mol. The first-order chi connectivity index (χ1) is 23.2. The van der Waals surface area contributed by atoms with Crippen LogP contribution in [-0.4, -0.2) is 97.2 Å². The van der Waals surface area contributed by atoms with Gasteiger partial charge in [-0.15, -0.1) is 0 Å². The van der Waals surface area contributed by atoms with Crippen LogP contribution in [0.4, 0.5) is 0 Å². The molecule has 0 aliphatic rings. The van der Waals surface area contributed by atoms with Crippen molar-refractivity contribution in [2.45, 2.75) is 136 Å². The number of rotatable bonds is 23. The molecule has 0 fully saturated rings. The number of aliphatic hydroxyl groups is 1. The number of benzene rings is 1. The zero-order chi connectivity index (χ0) is 37.8. The highest BCUT2D eigenvalue weighted by Gasteiger charge is 2.34. The van der Waals surface area contributed by atoms with Crippen LogP contribution >= 0.6 is 0 Å². The third kappa shape index (κ3) is 24.1. The third-order valence-electron chi connectivity index (χ3n) is 6.31. The van der Waals surface area contributed by atoms with Gasteiger partial charge >= 0.3 is 17.9 Å². The first-order valence-electron chi connectivity index (χ1n) is 17.2. The Labute approximate surface area is 298 Å². The van der Waals surface area contributed by atoms with Gasteiger partial charge in [0.05, 0.1) is 58.1 Å². The van der Waals surface area contributed by atoms with E-state index in [1.54, 1.807) is 41.5 Å². The van der Waals surface area contributed by atoms with Crippen molar-refractivity contribution in [3.63, 3.8) is 0 Å². The number of carbonyl (C=O) groups is 4. The van der Waals surface area contributed by atoms with Crippen molar-refractivity contribution in [2.24, 2.45) is 0 Å². The summed E-state index contributed by atoms with van der Waals surface area (Å²) >= 11 is 0. The third-order valence-corrected chi connectivity index (χ3v) is 6.31. The van der Waals surface area contributed by atoms with Gasteiger partial charge in [0.15, 0.2) is 6.29 Å². The lowest BCUT2D eigenvalue weighted by Gasteiger charge is -2.34. The van der Waals surface area contributed by atoms with E-state index in [1.807, 2.05) is 51.1 Å². The van der Waals surface area contributed by atoms with Gasteiger partial charge in [0.1, 0.15) is 23.3 Å². The fourth-order valence-corrected chi connectivity index (χ4v) is 4.34. The van der Waals surface area contributed by atoms with Crippen molar-refractivity contribution in [1.29, 1.82) is 0 Å². The van der Waals surface area contributed by atoms with Crippen LogP contribution in [0.15, 0.2) is 30.3 Å². The molecule has 1 rings (SSSR count). The number of carbonyl (C=O) groups excluding carboxylic acids is 4. The lowest BCUT2D eigenvalue weighted by molar-refractivity contribution is -0.175.